The Labute approximate surface area is 91.3 Å². The summed E-state index contributed by atoms with van der Waals surface area (Å²) in [5, 5.41) is 22.3. The SMILES string of the molecule is O=C(O)c1cccc(CCc2nn[nH]n2)c1. The van der Waals surface area contributed by atoms with Crippen molar-refractivity contribution in [3.8, 4) is 0 Å². The van der Waals surface area contributed by atoms with Crippen molar-refractivity contribution >= 4 is 5.97 Å². The topological polar surface area (TPSA) is 91.8 Å². The van der Waals surface area contributed by atoms with Crippen molar-refractivity contribution < 1.29 is 9.90 Å². The van der Waals surface area contributed by atoms with Crippen LogP contribution in [0.4, 0.5) is 0 Å². The molecule has 0 aliphatic heterocycles. The summed E-state index contributed by atoms with van der Waals surface area (Å²) in [5.74, 6) is -0.290. The predicted molar refractivity (Wildman–Crippen MR) is 55.0 cm³/mol. The minimum Gasteiger partial charge on any atom is -0.478 e. The fourth-order valence-corrected chi connectivity index (χ4v) is 1.40. The van der Waals surface area contributed by atoms with Crippen LogP contribution in [0.3, 0.4) is 0 Å². The maximum absolute atomic E-state index is 10.7. The van der Waals surface area contributed by atoms with Crippen molar-refractivity contribution in [2.45, 2.75) is 12.8 Å². The van der Waals surface area contributed by atoms with Gasteiger partial charge in [0.2, 0.25) is 0 Å². The Bertz CT molecular complexity index is 481. The molecule has 1 aromatic heterocycles. The Morgan fingerprint density at radius 3 is 2.94 bits per heavy atom. The van der Waals surface area contributed by atoms with Crippen molar-refractivity contribution in [1.82, 2.24) is 20.6 Å². The number of carboxylic acid groups (broad SMARTS) is 1. The third kappa shape index (κ3) is 2.41. The van der Waals surface area contributed by atoms with Gasteiger partial charge < -0.3 is 5.11 Å². The molecule has 82 valence electrons. The average Bonchev–Trinajstić information content (AvgIpc) is 2.79. The zero-order valence-electron chi connectivity index (χ0n) is 8.42. The molecule has 0 fully saturated rings. The third-order valence-electron chi connectivity index (χ3n) is 2.20. The lowest BCUT2D eigenvalue weighted by Gasteiger charge is -2.00. The highest BCUT2D eigenvalue weighted by Crippen LogP contribution is 2.07. The van der Waals surface area contributed by atoms with Gasteiger partial charge >= 0.3 is 5.97 Å². The van der Waals surface area contributed by atoms with E-state index < -0.39 is 5.97 Å². The quantitative estimate of drug-likeness (QED) is 0.787. The Morgan fingerprint density at radius 1 is 1.38 bits per heavy atom. The molecule has 0 aliphatic rings. The number of tetrazole rings is 1. The summed E-state index contributed by atoms with van der Waals surface area (Å²) in [6, 6.07) is 6.84. The second kappa shape index (κ2) is 4.52. The van der Waals surface area contributed by atoms with Crippen molar-refractivity contribution in [3.63, 3.8) is 0 Å². The number of aromatic nitrogens is 4. The van der Waals surface area contributed by atoms with Gasteiger partial charge in [-0.1, -0.05) is 17.3 Å². The summed E-state index contributed by atoms with van der Waals surface area (Å²) in [4.78, 5) is 10.7. The smallest absolute Gasteiger partial charge is 0.335 e. The number of hydrogen-bond donors (Lipinski definition) is 2. The Hall–Kier alpha value is -2.24. The largest absolute Gasteiger partial charge is 0.478 e. The summed E-state index contributed by atoms with van der Waals surface area (Å²) in [5.41, 5.74) is 1.25. The second-order valence-corrected chi connectivity index (χ2v) is 3.33. The fraction of sp³-hybridized carbons (Fsp3) is 0.200. The van der Waals surface area contributed by atoms with Crippen LogP contribution in [0.15, 0.2) is 24.3 Å². The molecule has 1 heterocycles. The fourth-order valence-electron chi connectivity index (χ4n) is 1.40. The van der Waals surface area contributed by atoms with Gasteiger partial charge in [0.1, 0.15) is 0 Å². The van der Waals surface area contributed by atoms with E-state index >= 15 is 0 Å². The van der Waals surface area contributed by atoms with E-state index in [-0.39, 0.29) is 0 Å². The molecule has 0 saturated carbocycles. The number of carbonyl (C=O) groups is 1. The van der Waals surface area contributed by atoms with Crippen molar-refractivity contribution in [1.29, 1.82) is 0 Å². The molecule has 0 amide bonds. The first-order valence-corrected chi connectivity index (χ1v) is 4.80. The van der Waals surface area contributed by atoms with Crippen LogP contribution in [0, 0.1) is 0 Å². The first-order chi connectivity index (χ1) is 7.75. The van der Waals surface area contributed by atoms with Crippen molar-refractivity contribution in [3.05, 3.63) is 41.2 Å². The molecule has 2 aromatic rings. The number of aryl methyl sites for hydroxylation is 2. The summed E-state index contributed by atoms with van der Waals surface area (Å²) in [6.45, 7) is 0. The molecule has 0 atom stereocenters. The monoisotopic (exact) mass is 218 g/mol. The number of nitrogens with zero attached hydrogens (tertiary/aromatic N) is 3. The van der Waals surface area contributed by atoms with Gasteiger partial charge in [-0.05, 0) is 24.1 Å². The van der Waals surface area contributed by atoms with E-state index in [1.807, 2.05) is 6.07 Å². The third-order valence-corrected chi connectivity index (χ3v) is 2.20. The highest BCUT2D eigenvalue weighted by atomic mass is 16.4. The van der Waals surface area contributed by atoms with Crippen LogP contribution >= 0.6 is 0 Å². The number of benzene rings is 1. The van der Waals surface area contributed by atoms with Gasteiger partial charge in [-0.2, -0.15) is 5.21 Å². The molecular formula is C10H10N4O2. The molecule has 1 aromatic carbocycles. The number of carboxylic acids is 1. The lowest BCUT2D eigenvalue weighted by molar-refractivity contribution is 0.0697. The van der Waals surface area contributed by atoms with E-state index in [0.29, 0.717) is 24.2 Å². The molecule has 6 nitrogen and oxygen atoms in total. The normalized spacial score (nSPS) is 10.2. The van der Waals surface area contributed by atoms with Crippen LogP contribution in [-0.2, 0) is 12.8 Å². The molecule has 0 aliphatic carbocycles. The lowest BCUT2D eigenvalue weighted by Crippen LogP contribution is -1.99. The van der Waals surface area contributed by atoms with Crippen LogP contribution in [0.2, 0.25) is 0 Å². The number of rotatable bonds is 4. The number of aromatic carboxylic acids is 1. The van der Waals surface area contributed by atoms with Gasteiger partial charge in [-0.25, -0.2) is 4.79 Å². The summed E-state index contributed by atoms with van der Waals surface area (Å²) < 4.78 is 0. The zero-order valence-corrected chi connectivity index (χ0v) is 8.42. The average molecular weight is 218 g/mol. The van der Waals surface area contributed by atoms with Crippen molar-refractivity contribution in [2.75, 3.05) is 0 Å². The number of H-pyrrole nitrogens is 1. The van der Waals surface area contributed by atoms with Crippen LogP contribution in [0.1, 0.15) is 21.7 Å². The van der Waals surface area contributed by atoms with E-state index in [4.69, 9.17) is 5.11 Å². The molecular weight excluding hydrogens is 208 g/mol. The number of aromatic amines is 1. The minimum atomic E-state index is -0.915. The summed E-state index contributed by atoms with van der Waals surface area (Å²) in [6.07, 6.45) is 1.33. The number of nitrogens with one attached hydrogen (secondary N) is 1. The standard InChI is InChI=1S/C10H10N4O2/c15-10(16)8-3-1-2-7(6-8)4-5-9-11-13-14-12-9/h1-3,6H,4-5H2,(H,15,16)(H,11,12,13,14). The highest BCUT2D eigenvalue weighted by Gasteiger charge is 2.04. The zero-order chi connectivity index (χ0) is 11.4. The van der Waals surface area contributed by atoms with E-state index in [1.54, 1.807) is 18.2 Å². The van der Waals surface area contributed by atoms with E-state index in [1.165, 1.54) is 0 Å². The van der Waals surface area contributed by atoms with Crippen molar-refractivity contribution in [2.24, 2.45) is 0 Å². The first kappa shape index (κ1) is 10.3. The van der Waals surface area contributed by atoms with Gasteiger partial charge in [0.25, 0.3) is 0 Å². The minimum absolute atomic E-state index is 0.297. The Kier molecular flexibility index (Phi) is 2.90. The molecule has 0 unspecified atom stereocenters. The molecule has 0 spiro atoms. The first-order valence-electron chi connectivity index (χ1n) is 4.80. The lowest BCUT2D eigenvalue weighted by atomic mass is 10.1. The van der Waals surface area contributed by atoms with Crippen LogP contribution in [-0.4, -0.2) is 31.7 Å². The molecule has 6 heteroatoms. The molecule has 2 rings (SSSR count). The molecule has 0 bridgehead atoms. The number of hydrogen-bond acceptors (Lipinski definition) is 4. The van der Waals surface area contributed by atoms with Gasteiger partial charge in [0.05, 0.1) is 5.56 Å². The molecule has 2 N–H and O–H groups in total. The molecule has 16 heavy (non-hydrogen) atoms. The van der Waals surface area contributed by atoms with Crippen LogP contribution < -0.4 is 0 Å². The predicted octanol–water partition coefficient (Wildman–Crippen LogP) is 0.683. The van der Waals surface area contributed by atoms with E-state index in [2.05, 4.69) is 20.6 Å². The Balaban J connectivity index is 2.04. The maximum atomic E-state index is 10.7. The van der Waals surface area contributed by atoms with Crippen LogP contribution in [0.25, 0.3) is 0 Å². The van der Waals surface area contributed by atoms with Gasteiger partial charge in [0, 0.05) is 6.42 Å². The molecule has 0 radical (unpaired) electrons. The molecule has 0 saturated heterocycles. The van der Waals surface area contributed by atoms with E-state index in [0.717, 1.165) is 5.56 Å². The second-order valence-electron chi connectivity index (χ2n) is 3.33. The Morgan fingerprint density at radius 2 is 2.25 bits per heavy atom. The maximum Gasteiger partial charge on any atom is 0.335 e. The highest BCUT2D eigenvalue weighted by molar-refractivity contribution is 5.87. The van der Waals surface area contributed by atoms with Gasteiger partial charge in [-0.3, -0.25) is 0 Å². The van der Waals surface area contributed by atoms with Crippen LogP contribution in [0.5, 0.6) is 0 Å². The van der Waals surface area contributed by atoms with Gasteiger partial charge in [0.15, 0.2) is 5.82 Å². The van der Waals surface area contributed by atoms with Gasteiger partial charge in [-0.15, -0.1) is 10.2 Å². The summed E-state index contributed by atoms with van der Waals surface area (Å²) in [7, 11) is 0. The van der Waals surface area contributed by atoms with E-state index in [9.17, 15) is 4.79 Å². The summed E-state index contributed by atoms with van der Waals surface area (Å²) >= 11 is 0.